The highest BCUT2D eigenvalue weighted by Gasteiger charge is 2.10. The van der Waals surface area contributed by atoms with E-state index in [4.69, 9.17) is 4.74 Å². The first-order valence-corrected chi connectivity index (χ1v) is 4.32. The summed E-state index contributed by atoms with van der Waals surface area (Å²) in [6.45, 7) is 1.75. The van der Waals surface area contributed by atoms with Gasteiger partial charge in [0.15, 0.2) is 0 Å². The first-order valence-electron chi connectivity index (χ1n) is 4.32. The Morgan fingerprint density at radius 2 is 2.14 bits per heavy atom. The summed E-state index contributed by atoms with van der Waals surface area (Å²) < 4.78 is 5.19. The van der Waals surface area contributed by atoms with Gasteiger partial charge in [0.05, 0.1) is 0 Å². The number of carbonyl (C=O) groups excluding carboxylic acids is 1. The smallest absolute Gasteiger partial charge is 0.150 e. The van der Waals surface area contributed by atoms with E-state index in [1.807, 2.05) is 18.2 Å². The highest BCUT2D eigenvalue weighted by atomic mass is 16.5. The molecule has 1 aromatic carbocycles. The van der Waals surface area contributed by atoms with Crippen molar-refractivity contribution in [2.24, 2.45) is 0 Å². The first-order chi connectivity index (χ1) is 6.83. The zero-order chi connectivity index (χ0) is 10.4. The number of benzene rings is 1. The Labute approximate surface area is 83.9 Å². The van der Waals surface area contributed by atoms with Gasteiger partial charge in [-0.05, 0) is 6.92 Å². The van der Waals surface area contributed by atoms with Crippen molar-refractivity contribution >= 4 is 6.29 Å². The third kappa shape index (κ3) is 2.21. The maximum atomic E-state index is 10.7. The Balaban J connectivity index is 3.12. The second-order valence-electron chi connectivity index (χ2n) is 2.76. The van der Waals surface area contributed by atoms with Crippen LogP contribution in [0.4, 0.5) is 0 Å². The number of rotatable bonds is 3. The number of hydrogen-bond acceptors (Lipinski definition) is 2. The molecule has 0 amide bonds. The molecule has 0 saturated heterocycles. The average Bonchev–Trinajstić information content (AvgIpc) is 2.26. The SMILES string of the molecule is CC#CC(OC)c1ccccc1C=O. The van der Waals surface area contributed by atoms with Crippen LogP contribution in [0.25, 0.3) is 0 Å². The van der Waals surface area contributed by atoms with Crippen LogP contribution in [0.2, 0.25) is 0 Å². The third-order valence-electron chi connectivity index (χ3n) is 1.92. The van der Waals surface area contributed by atoms with Crippen molar-refractivity contribution < 1.29 is 9.53 Å². The highest BCUT2D eigenvalue weighted by Crippen LogP contribution is 2.18. The van der Waals surface area contributed by atoms with Crippen molar-refractivity contribution in [3.63, 3.8) is 0 Å². The Morgan fingerprint density at radius 3 is 2.71 bits per heavy atom. The van der Waals surface area contributed by atoms with E-state index >= 15 is 0 Å². The van der Waals surface area contributed by atoms with E-state index in [1.165, 1.54) is 0 Å². The van der Waals surface area contributed by atoms with Crippen molar-refractivity contribution in [3.8, 4) is 11.8 Å². The molecule has 0 aliphatic carbocycles. The number of carbonyl (C=O) groups is 1. The number of aldehydes is 1. The fraction of sp³-hybridized carbons (Fsp3) is 0.250. The van der Waals surface area contributed by atoms with Crippen molar-refractivity contribution in [2.45, 2.75) is 13.0 Å². The number of hydrogen-bond donors (Lipinski definition) is 0. The molecule has 0 heterocycles. The molecule has 14 heavy (non-hydrogen) atoms. The Bertz CT molecular complexity index is 371. The van der Waals surface area contributed by atoms with Crippen LogP contribution in [0.15, 0.2) is 24.3 Å². The van der Waals surface area contributed by atoms with Crippen LogP contribution in [0.5, 0.6) is 0 Å². The van der Waals surface area contributed by atoms with Crippen LogP contribution in [0.1, 0.15) is 28.9 Å². The fourth-order valence-electron chi connectivity index (χ4n) is 1.25. The molecule has 72 valence electrons. The van der Waals surface area contributed by atoms with Gasteiger partial charge in [-0.2, -0.15) is 0 Å². The lowest BCUT2D eigenvalue weighted by atomic mass is 10.0. The van der Waals surface area contributed by atoms with Gasteiger partial charge in [0.25, 0.3) is 0 Å². The van der Waals surface area contributed by atoms with E-state index in [0.29, 0.717) is 5.56 Å². The van der Waals surface area contributed by atoms with Gasteiger partial charge in [-0.15, -0.1) is 5.92 Å². The summed E-state index contributed by atoms with van der Waals surface area (Å²) in [4.78, 5) is 10.7. The molecule has 0 N–H and O–H groups in total. The minimum Gasteiger partial charge on any atom is -0.364 e. The molecule has 0 spiro atoms. The predicted octanol–water partition coefficient (Wildman–Crippen LogP) is 2.21. The fourth-order valence-corrected chi connectivity index (χ4v) is 1.25. The summed E-state index contributed by atoms with van der Waals surface area (Å²) in [6, 6.07) is 7.29. The normalized spacial score (nSPS) is 11.3. The summed E-state index contributed by atoms with van der Waals surface area (Å²) >= 11 is 0. The zero-order valence-corrected chi connectivity index (χ0v) is 8.28. The predicted molar refractivity (Wildman–Crippen MR) is 55.0 cm³/mol. The van der Waals surface area contributed by atoms with Gasteiger partial charge in [-0.25, -0.2) is 0 Å². The van der Waals surface area contributed by atoms with Crippen molar-refractivity contribution in [1.82, 2.24) is 0 Å². The molecule has 2 nitrogen and oxygen atoms in total. The molecule has 2 heteroatoms. The average molecular weight is 188 g/mol. The van der Waals surface area contributed by atoms with E-state index in [0.717, 1.165) is 11.8 Å². The second kappa shape index (κ2) is 5.21. The van der Waals surface area contributed by atoms with E-state index in [9.17, 15) is 4.79 Å². The minimum absolute atomic E-state index is 0.318. The Morgan fingerprint density at radius 1 is 1.43 bits per heavy atom. The molecule has 0 aliphatic rings. The molecule has 1 unspecified atom stereocenters. The summed E-state index contributed by atoms with van der Waals surface area (Å²) in [5, 5.41) is 0. The largest absolute Gasteiger partial charge is 0.364 e. The van der Waals surface area contributed by atoms with Crippen molar-refractivity contribution in [2.75, 3.05) is 7.11 Å². The lowest BCUT2D eigenvalue weighted by Crippen LogP contribution is -2.02. The molecule has 0 radical (unpaired) electrons. The van der Waals surface area contributed by atoms with Crippen LogP contribution in [0.3, 0.4) is 0 Å². The second-order valence-corrected chi connectivity index (χ2v) is 2.76. The molecular formula is C12H12O2. The van der Waals surface area contributed by atoms with Crippen LogP contribution >= 0.6 is 0 Å². The van der Waals surface area contributed by atoms with E-state index in [1.54, 1.807) is 20.1 Å². The van der Waals surface area contributed by atoms with Crippen LogP contribution < -0.4 is 0 Å². The molecule has 1 aromatic rings. The number of ether oxygens (including phenoxy) is 1. The van der Waals surface area contributed by atoms with Gasteiger partial charge < -0.3 is 4.74 Å². The van der Waals surface area contributed by atoms with Gasteiger partial charge in [0.2, 0.25) is 0 Å². The lowest BCUT2D eigenvalue weighted by Gasteiger charge is -2.10. The maximum Gasteiger partial charge on any atom is 0.150 e. The van der Waals surface area contributed by atoms with Crippen LogP contribution in [-0.4, -0.2) is 13.4 Å². The van der Waals surface area contributed by atoms with Crippen LogP contribution in [-0.2, 0) is 4.74 Å². The minimum atomic E-state index is -0.318. The monoisotopic (exact) mass is 188 g/mol. The molecule has 1 rings (SSSR count). The van der Waals surface area contributed by atoms with Gasteiger partial charge in [0.1, 0.15) is 12.4 Å². The maximum absolute atomic E-state index is 10.7. The molecular weight excluding hydrogens is 176 g/mol. The summed E-state index contributed by atoms with van der Waals surface area (Å²) in [7, 11) is 1.58. The topological polar surface area (TPSA) is 26.3 Å². The lowest BCUT2D eigenvalue weighted by molar-refractivity contribution is 0.111. The van der Waals surface area contributed by atoms with Gasteiger partial charge in [-0.1, -0.05) is 30.2 Å². The first kappa shape index (κ1) is 10.5. The molecule has 0 bridgehead atoms. The summed E-state index contributed by atoms with van der Waals surface area (Å²) in [5.74, 6) is 5.67. The number of methoxy groups -OCH3 is 1. The van der Waals surface area contributed by atoms with Gasteiger partial charge in [0, 0.05) is 18.2 Å². The van der Waals surface area contributed by atoms with Crippen LogP contribution in [0, 0.1) is 11.8 Å². The summed E-state index contributed by atoms with van der Waals surface area (Å²) in [5.41, 5.74) is 1.45. The molecule has 0 aromatic heterocycles. The summed E-state index contributed by atoms with van der Waals surface area (Å²) in [6.07, 6.45) is 0.500. The molecule has 0 aliphatic heterocycles. The third-order valence-corrected chi connectivity index (χ3v) is 1.92. The van der Waals surface area contributed by atoms with Crippen molar-refractivity contribution in [1.29, 1.82) is 0 Å². The molecule has 1 atom stereocenters. The van der Waals surface area contributed by atoms with Gasteiger partial charge >= 0.3 is 0 Å². The van der Waals surface area contributed by atoms with E-state index in [2.05, 4.69) is 11.8 Å². The van der Waals surface area contributed by atoms with Crippen molar-refractivity contribution in [3.05, 3.63) is 35.4 Å². The highest BCUT2D eigenvalue weighted by molar-refractivity contribution is 5.77. The Hall–Kier alpha value is -1.59. The molecule has 0 saturated carbocycles. The van der Waals surface area contributed by atoms with E-state index in [-0.39, 0.29) is 6.10 Å². The Kier molecular flexibility index (Phi) is 3.90. The zero-order valence-electron chi connectivity index (χ0n) is 8.28. The quantitative estimate of drug-likeness (QED) is 0.537. The van der Waals surface area contributed by atoms with Gasteiger partial charge in [-0.3, -0.25) is 4.79 Å². The molecule has 0 fully saturated rings. The van der Waals surface area contributed by atoms with E-state index < -0.39 is 0 Å². The standard InChI is InChI=1S/C12H12O2/c1-3-6-12(14-2)11-8-5-4-7-10(11)9-13/h4-5,7-9,12H,1-2H3.